The molecule has 41 heavy (non-hydrogen) atoms. The summed E-state index contributed by atoms with van der Waals surface area (Å²) in [6, 6.07) is 19.8. The lowest BCUT2D eigenvalue weighted by Crippen LogP contribution is -2.52. The molecule has 0 fully saturated rings. The predicted molar refractivity (Wildman–Crippen MR) is 162 cm³/mol. The summed E-state index contributed by atoms with van der Waals surface area (Å²) in [5.41, 5.74) is 3.15. The molecule has 0 aromatic heterocycles. The van der Waals surface area contributed by atoms with Crippen molar-refractivity contribution in [3.8, 4) is 5.75 Å². The van der Waals surface area contributed by atoms with E-state index < -0.39 is 28.5 Å². The molecular formula is C32H41N3O5S. The minimum atomic E-state index is -4.15. The Balaban J connectivity index is 2.02. The number of hydrogen-bond donors (Lipinski definition) is 1. The lowest BCUT2D eigenvalue weighted by molar-refractivity contribution is -0.139. The zero-order valence-corrected chi connectivity index (χ0v) is 25.6. The van der Waals surface area contributed by atoms with Gasteiger partial charge in [0.25, 0.3) is 10.0 Å². The third-order valence-corrected chi connectivity index (χ3v) is 8.88. The van der Waals surface area contributed by atoms with E-state index in [1.165, 1.54) is 17.0 Å². The number of aryl methyl sites for hydroxylation is 2. The number of rotatable bonds is 13. The fourth-order valence-electron chi connectivity index (χ4n) is 4.26. The van der Waals surface area contributed by atoms with E-state index in [9.17, 15) is 18.0 Å². The van der Waals surface area contributed by atoms with Gasteiger partial charge in [-0.15, -0.1) is 0 Å². The fraction of sp³-hybridized carbons (Fsp3) is 0.375. The number of amides is 2. The highest BCUT2D eigenvalue weighted by molar-refractivity contribution is 7.92. The number of benzene rings is 3. The molecule has 2 amide bonds. The van der Waals surface area contributed by atoms with Crippen molar-refractivity contribution in [3.05, 3.63) is 89.5 Å². The zero-order valence-electron chi connectivity index (χ0n) is 24.8. The van der Waals surface area contributed by atoms with Gasteiger partial charge in [0.15, 0.2) is 0 Å². The van der Waals surface area contributed by atoms with E-state index in [1.54, 1.807) is 43.3 Å². The van der Waals surface area contributed by atoms with Gasteiger partial charge >= 0.3 is 0 Å². The molecule has 3 rings (SSSR count). The smallest absolute Gasteiger partial charge is 0.264 e. The Morgan fingerprint density at radius 2 is 1.54 bits per heavy atom. The lowest BCUT2D eigenvalue weighted by Gasteiger charge is -2.32. The maximum absolute atomic E-state index is 14.0. The van der Waals surface area contributed by atoms with Gasteiger partial charge in [0.05, 0.1) is 17.2 Å². The van der Waals surface area contributed by atoms with Crippen LogP contribution in [0.2, 0.25) is 0 Å². The van der Waals surface area contributed by atoms with Crippen LogP contribution in [0.25, 0.3) is 0 Å². The summed E-state index contributed by atoms with van der Waals surface area (Å²) in [5, 5.41) is 2.95. The molecule has 0 aliphatic carbocycles. The molecule has 2 atom stereocenters. The summed E-state index contributed by atoms with van der Waals surface area (Å²) in [6.07, 6.45) is 0.742. The Kier molecular flexibility index (Phi) is 10.9. The van der Waals surface area contributed by atoms with E-state index in [0.29, 0.717) is 18.0 Å². The molecule has 8 nitrogen and oxygen atoms in total. The first-order chi connectivity index (χ1) is 19.5. The molecule has 0 heterocycles. The average Bonchev–Trinajstić information content (AvgIpc) is 2.96. The Morgan fingerprint density at radius 3 is 2.12 bits per heavy atom. The number of carbonyl (C=O) groups is 2. The van der Waals surface area contributed by atoms with E-state index in [-0.39, 0.29) is 23.4 Å². The topological polar surface area (TPSA) is 96.0 Å². The van der Waals surface area contributed by atoms with Gasteiger partial charge in [-0.05, 0) is 88.6 Å². The van der Waals surface area contributed by atoms with Gasteiger partial charge in [-0.3, -0.25) is 13.9 Å². The van der Waals surface area contributed by atoms with Crippen LogP contribution in [-0.2, 0) is 26.2 Å². The molecule has 0 radical (unpaired) electrons. The minimum absolute atomic E-state index is 0.0299. The minimum Gasteiger partial charge on any atom is -0.494 e. The third-order valence-electron chi connectivity index (χ3n) is 7.09. The Morgan fingerprint density at radius 1 is 0.902 bits per heavy atom. The monoisotopic (exact) mass is 579 g/mol. The van der Waals surface area contributed by atoms with Crippen LogP contribution in [0.1, 0.15) is 50.8 Å². The van der Waals surface area contributed by atoms with Crippen molar-refractivity contribution >= 4 is 27.5 Å². The van der Waals surface area contributed by atoms with Crippen LogP contribution in [0.4, 0.5) is 5.69 Å². The Labute approximate surface area is 244 Å². The number of ether oxygens (including phenoxy) is 1. The summed E-state index contributed by atoms with van der Waals surface area (Å²) in [7, 11) is -4.15. The van der Waals surface area contributed by atoms with Crippen molar-refractivity contribution in [2.75, 3.05) is 17.5 Å². The van der Waals surface area contributed by atoms with E-state index >= 15 is 0 Å². The fourth-order valence-corrected chi connectivity index (χ4v) is 5.67. The normalized spacial score (nSPS) is 12.7. The molecule has 0 spiro atoms. The summed E-state index contributed by atoms with van der Waals surface area (Å²) in [5.74, 6) is -0.234. The van der Waals surface area contributed by atoms with Crippen molar-refractivity contribution in [2.24, 2.45) is 0 Å². The SMILES string of the molecule is CCOc1ccc(S(=O)(=O)N(CC(=O)N(Cc2ccccc2C)[C@H](C)C(=O)N[C@H](C)CC)c2ccc(C)cc2)cc1. The average molecular weight is 580 g/mol. The number of nitrogens with zero attached hydrogens (tertiary/aromatic N) is 2. The van der Waals surface area contributed by atoms with Gasteiger partial charge < -0.3 is 15.0 Å². The van der Waals surface area contributed by atoms with E-state index in [1.807, 2.05) is 58.9 Å². The first kappa shape index (κ1) is 31.7. The van der Waals surface area contributed by atoms with Crippen molar-refractivity contribution in [3.63, 3.8) is 0 Å². The molecule has 0 aliphatic heterocycles. The second kappa shape index (κ2) is 14.2. The second-order valence-corrected chi connectivity index (χ2v) is 12.1. The number of sulfonamides is 1. The van der Waals surface area contributed by atoms with E-state index in [2.05, 4.69) is 5.32 Å². The third kappa shape index (κ3) is 8.10. The van der Waals surface area contributed by atoms with Gasteiger partial charge in [-0.2, -0.15) is 0 Å². The highest BCUT2D eigenvalue weighted by Gasteiger charge is 2.33. The van der Waals surface area contributed by atoms with Crippen LogP contribution in [0.3, 0.4) is 0 Å². The largest absolute Gasteiger partial charge is 0.494 e. The number of nitrogens with one attached hydrogen (secondary N) is 1. The maximum Gasteiger partial charge on any atom is 0.264 e. The van der Waals surface area contributed by atoms with Crippen LogP contribution in [0, 0.1) is 13.8 Å². The van der Waals surface area contributed by atoms with Gasteiger partial charge in [0.1, 0.15) is 18.3 Å². The summed E-state index contributed by atoms with van der Waals surface area (Å²) < 4.78 is 34.5. The molecule has 0 saturated heterocycles. The maximum atomic E-state index is 14.0. The Hall–Kier alpha value is -3.85. The van der Waals surface area contributed by atoms with Crippen molar-refractivity contribution < 1.29 is 22.7 Å². The van der Waals surface area contributed by atoms with Crippen LogP contribution >= 0.6 is 0 Å². The summed E-state index contributed by atoms with van der Waals surface area (Å²) >= 11 is 0. The van der Waals surface area contributed by atoms with Crippen LogP contribution in [0.5, 0.6) is 5.75 Å². The quantitative estimate of drug-likeness (QED) is 0.299. The lowest BCUT2D eigenvalue weighted by atomic mass is 10.1. The van der Waals surface area contributed by atoms with E-state index in [4.69, 9.17) is 4.74 Å². The van der Waals surface area contributed by atoms with Crippen molar-refractivity contribution in [1.82, 2.24) is 10.2 Å². The highest BCUT2D eigenvalue weighted by atomic mass is 32.2. The van der Waals surface area contributed by atoms with Gasteiger partial charge in [-0.1, -0.05) is 48.9 Å². The van der Waals surface area contributed by atoms with Crippen LogP contribution in [-0.4, -0.2) is 50.4 Å². The number of carbonyl (C=O) groups excluding carboxylic acids is 2. The van der Waals surface area contributed by atoms with Crippen LogP contribution in [0.15, 0.2) is 77.7 Å². The molecule has 0 unspecified atom stereocenters. The van der Waals surface area contributed by atoms with Gasteiger partial charge in [0.2, 0.25) is 11.8 Å². The molecular weight excluding hydrogens is 538 g/mol. The predicted octanol–water partition coefficient (Wildman–Crippen LogP) is 5.23. The first-order valence-corrected chi connectivity index (χ1v) is 15.4. The van der Waals surface area contributed by atoms with Crippen LogP contribution < -0.4 is 14.4 Å². The second-order valence-electron chi connectivity index (χ2n) is 10.2. The van der Waals surface area contributed by atoms with Gasteiger partial charge in [-0.25, -0.2) is 8.42 Å². The molecule has 0 aliphatic rings. The number of anilines is 1. The Bertz CT molecular complexity index is 1420. The molecule has 0 saturated carbocycles. The van der Waals surface area contributed by atoms with Crippen molar-refractivity contribution in [2.45, 2.75) is 71.5 Å². The molecule has 0 bridgehead atoms. The van der Waals surface area contributed by atoms with Gasteiger partial charge in [0, 0.05) is 12.6 Å². The number of hydrogen-bond acceptors (Lipinski definition) is 5. The zero-order chi connectivity index (χ0) is 30.2. The molecule has 3 aromatic rings. The molecule has 1 N–H and O–H groups in total. The van der Waals surface area contributed by atoms with E-state index in [0.717, 1.165) is 27.4 Å². The van der Waals surface area contributed by atoms with Crippen molar-refractivity contribution in [1.29, 1.82) is 0 Å². The summed E-state index contributed by atoms with van der Waals surface area (Å²) in [6.45, 7) is 11.4. The standard InChI is InChI=1S/C32H41N3O5S/c1-7-25(5)33-32(37)26(6)34(21-27-12-10-9-11-24(27)4)31(36)22-35(28-15-13-23(3)14-16-28)41(38,39)30-19-17-29(18-20-30)40-8-2/h9-20,25-26H,7-8,21-22H2,1-6H3,(H,33,37)/t25-,26-/m1/s1. The molecule has 9 heteroatoms. The molecule has 3 aromatic carbocycles. The molecule has 220 valence electrons. The first-order valence-electron chi connectivity index (χ1n) is 13.9. The summed E-state index contributed by atoms with van der Waals surface area (Å²) in [4.78, 5) is 28.7. The highest BCUT2D eigenvalue weighted by Crippen LogP contribution is 2.26.